The Morgan fingerprint density at radius 2 is 1.59 bits per heavy atom. The molecule has 8 nitrogen and oxygen atoms in total. The Bertz CT molecular complexity index is 1190. The number of amides is 2. The number of aliphatic hydroxyl groups is 2. The lowest BCUT2D eigenvalue weighted by atomic mass is 10.1. The van der Waals surface area contributed by atoms with E-state index in [9.17, 15) is 24.5 Å². The maximum absolute atomic E-state index is 13.0. The van der Waals surface area contributed by atoms with Crippen molar-refractivity contribution in [2.75, 3.05) is 36.9 Å². The third kappa shape index (κ3) is 12.3. The zero-order valence-electron chi connectivity index (χ0n) is 23.4. The fourth-order valence-electron chi connectivity index (χ4n) is 4.37. The molecule has 0 heterocycles. The molecule has 9 heteroatoms. The Labute approximate surface area is 241 Å². The number of hydrogen-bond donors (Lipinski definition) is 6. The van der Waals surface area contributed by atoms with Crippen LogP contribution >= 0.6 is 0 Å². The summed E-state index contributed by atoms with van der Waals surface area (Å²) in [7, 11) is 0. The molecule has 0 saturated carbocycles. The van der Waals surface area contributed by atoms with Crippen LogP contribution in [0.1, 0.15) is 61.3 Å². The van der Waals surface area contributed by atoms with Crippen LogP contribution in [0.4, 0.5) is 20.6 Å². The first kappa shape index (κ1) is 32.0. The van der Waals surface area contributed by atoms with Crippen LogP contribution in [-0.4, -0.2) is 47.7 Å². The summed E-state index contributed by atoms with van der Waals surface area (Å²) in [6.07, 6.45) is 6.40. The SMILES string of the molecule is O=C(Nc1ccc(F)cc1)Nc1cccc(CCCCOCCCCCCNC[C@@H](O)c2ccc(O)c(CO)c2)c1. The van der Waals surface area contributed by atoms with Gasteiger partial charge in [-0.05, 0) is 98.3 Å². The molecule has 3 aromatic rings. The monoisotopic (exact) mass is 567 g/mol. The highest BCUT2D eigenvalue weighted by Crippen LogP contribution is 2.22. The number of nitrogens with one attached hydrogen (secondary N) is 3. The molecule has 3 rings (SSSR count). The Balaban J connectivity index is 1.16. The number of anilines is 2. The molecule has 222 valence electrons. The van der Waals surface area contributed by atoms with Gasteiger partial charge in [-0.15, -0.1) is 0 Å². The first-order valence-corrected chi connectivity index (χ1v) is 14.3. The minimum atomic E-state index is -0.685. The minimum Gasteiger partial charge on any atom is -0.508 e. The van der Waals surface area contributed by atoms with E-state index < -0.39 is 6.10 Å². The van der Waals surface area contributed by atoms with E-state index in [1.165, 1.54) is 30.3 Å². The second kappa shape index (κ2) is 18.0. The quantitative estimate of drug-likeness (QED) is 0.107. The highest BCUT2D eigenvalue weighted by Gasteiger charge is 2.10. The summed E-state index contributed by atoms with van der Waals surface area (Å²) >= 11 is 0. The standard InChI is InChI=1S/C32H42FN3O5/c33-27-12-14-28(15-13-27)35-32(40)36-29-10-7-9-24(20-29)8-3-6-19-41-18-5-2-1-4-17-34-22-31(39)25-11-16-30(38)26(21-25)23-37/h7,9-16,20-21,31,34,37-39H,1-6,8,17-19,22-23H2,(H2,35,36,40)/t31-/m1/s1. The van der Waals surface area contributed by atoms with E-state index in [1.54, 1.807) is 12.1 Å². The number of ether oxygens (including phenoxy) is 1. The van der Waals surface area contributed by atoms with Crippen LogP contribution < -0.4 is 16.0 Å². The van der Waals surface area contributed by atoms with E-state index in [4.69, 9.17) is 4.74 Å². The smallest absolute Gasteiger partial charge is 0.323 e. The van der Waals surface area contributed by atoms with Crippen molar-refractivity contribution in [2.45, 2.75) is 57.7 Å². The van der Waals surface area contributed by atoms with E-state index in [0.29, 0.717) is 29.0 Å². The van der Waals surface area contributed by atoms with Crippen molar-refractivity contribution in [2.24, 2.45) is 0 Å². The molecule has 0 aromatic heterocycles. The normalized spacial score (nSPS) is 11.8. The molecule has 0 unspecified atom stereocenters. The number of hydrogen-bond acceptors (Lipinski definition) is 6. The lowest BCUT2D eigenvalue weighted by Gasteiger charge is -2.14. The Hall–Kier alpha value is -3.50. The Morgan fingerprint density at radius 3 is 2.37 bits per heavy atom. The van der Waals surface area contributed by atoms with Crippen molar-refractivity contribution in [1.82, 2.24) is 5.32 Å². The summed E-state index contributed by atoms with van der Waals surface area (Å²) in [5.74, 6) is -0.319. The maximum atomic E-state index is 13.0. The van der Waals surface area contributed by atoms with Gasteiger partial charge in [-0.3, -0.25) is 0 Å². The van der Waals surface area contributed by atoms with Gasteiger partial charge in [0.25, 0.3) is 0 Å². The van der Waals surface area contributed by atoms with Crippen LogP contribution in [0.25, 0.3) is 0 Å². The maximum Gasteiger partial charge on any atom is 0.323 e. The number of unbranched alkanes of at least 4 members (excludes halogenated alkanes) is 4. The number of benzene rings is 3. The van der Waals surface area contributed by atoms with Crippen LogP contribution in [0.3, 0.4) is 0 Å². The molecular weight excluding hydrogens is 525 g/mol. The molecule has 6 N–H and O–H groups in total. The average molecular weight is 568 g/mol. The third-order valence-electron chi connectivity index (χ3n) is 6.68. The van der Waals surface area contributed by atoms with Crippen LogP contribution in [0.15, 0.2) is 66.7 Å². The summed E-state index contributed by atoms with van der Waals surface area (Å²) in [5, 5.41) is 37.9. The molecule has 0 aliphatic rings. The van der Waals surface area contributed by atoms with Crippen molar-refractivity contribution >= 4 is 17.4 Å². The molecular formula is C32H42FN3O5. The van der Waals surface area contributed by atoms with E-state index in [1.807, 2.05) is 24.3 Å². The minimum absolute atomic E-state index is 0.0322. The van der Waals surface area contributed by atoms with Gasteiger partial charge in [0, 0.05) is 36.7 Å². The highest BCUT2D eigenvalue weighted by molar-refractivity contribution is 5.99. The zero-order valence-corrected chi connectivity index (χ0v) is 23.4. The summed E-state index contributed by atoms with van der Waals surface area (Å²) < 4.78 is 18.8. The molecule has 0 aliphatic carbocycles. The van der Waals surface area contributed by atoms with Crippen LogP contribution in [0, 0.1) is 5.82 Å². The number of carbonyl (C=O) groups is 1. The summed E-state index contributed by atoms with van der Waals surface area (Å²) in [6.45, 7) is 2.46. The number of halogens is 1. The largest absolute Gasteiger partial charge is 0.508 e. The number of carbonyl (C=O) groups excluding carboxylic acids is 1. The summed E-state index contributed by atoms with van der Waals surface area (Å²) in [4.78, 5) is 12.2. The van der Waals surface area contributed by atoms with E-state index in [2.05, 4.69) is 16.0 Å². The van der Waals surface area contributed by atoms with Gasteiger partial charge in [-0.25, -0.2) is 9.18 Å². The van der Waals surface area contributed by atoms with Gasteiger partial charge in [0.15, 0.2) is 0 Å². The van der Waals surface area contributed by atoms with E-state index in [-0.39, 0.29) is 24.2 Å². The molecule has 0 fully saturated rings. The fourth-order valence-corrected chi connectivity index (χ4v) is 4.37. The second-order valence-electron chi connectivity index (χ2n) is 10.0. The van der Waals surface area contributed by atoms with E-state index in [0.717, 1.165) is 70.3 Å². The molecule has 0 aliphatic heterocycles. The zero-order chi connectivity index (χ0) is 29.3. The number of phenols is 1. The van der Waals surface area contributed by atoms with Gasteiger partial charge >= 0.3 is 6.03 Å². The van der Waals surface area contributed by atoms with Crippen LogP contribution in [0.5, 0.6) is 5.75 Å². The van der Waals surface area contributed by atoms with Gasteiger partial charge in [0.1, 0.15) is 11.6 Å². The van der Waals surface area contributed by atoms with Crippen molar-refractivity contribution in [3.05, 3.63) is 89.2 Å². The Morgan fingerprint density at radius 1 is 0.854 bits per heavy atom. The predicted octanol–water partition coefficient (Wildman–Crippen LogP) is 5.89. The topological polar surface area (TPSA) is 123 Å². The second-order valence-corrected chi connectivity index (χ2v) is 10.0. The van der Waals surface area contributed by atoms with Crippen molar-refractivity contribution in [3.63, 3.8) is 0 Å². The number of urea groups is 1. The third-order valence-corrected chi connectivity index (χ3v) is 6.68. The predicted molar refractivity (Wildman–Crippen MR) is 160 cm³/mol. The molecule has 0 saturated heterocycles. The average Bonchev–Trinajstić information content (AvgIpc) is 2.97. The van der Waals surface area contributed by atoms with Gasteiger partial charge in [-0.2, -0.15) is 0 Å². The lowest BCUT2D eigenvalue weighted by molar-refractivity contribution is 0.126. The number of aliphatic hydroxyl groups excluding tert-OH is 2. The van der Waals surface area contributed by atoms with Gasteiger partial charge in [0.05, 0.1) is 12.7 Å². The molecule has 0 radical (unpaired) electrons. The number of rotatable bonds is 18. The first-order chi connectivity index (χ1) is 19.9. The van der Waals surface area contributed by atoms with Gasteiger partial charge in [-0.1, -0.05) is 31.0 Å². The van der Waals surface area contributed by atoms with Gasteiger partial charge < -0.3 is 36.0 Å². The lowest BCUT2D eigenvalue weighted by Crippen LogP contribution is -2.22. The highest BCUT2D eigenvalue weighted by atomic mass is 19.1. The first-order valence-electron chi connectivity index (χ1n) is 14.3. The molecule has 0 spiro atoms. The van der Waals surface area contributed by atoms with Crippen LogP contribution in [0.2, 0.25) is 0 Å². The van der Waals surface area contributed by atoms with Crippen molar-refractivity contribution in [3.8, 4) is 5.75 Å². The summed E-state index contributed by atoms with van der Waals surface area (Å²) in [5.41, 5.74) is 3.46. The number of aryl methyl sites for hydroxylation is 1. The van der Waals surface area contributed by atoms with Gasteiger partial charge in [0.2, 0.25) is 0 Å². The Kier molecular flexibility index (Phi) is 14.1. The molecule has 0 bridgehead atoms. The molecule has 3 aromatic carbocycles. The van der Waals surface area contributed by atoms with E-state index >= 15 is 0 Å². The molecule has 1 atom stereocenters. The molecule has 2 amide bonds. The molecule has 41 heavy (non-hydrogen) atoms. The van der Waals surface area contributed by atoms with Crippen LogP contribution in [-0.2, 0) is 17.8 Å². The van der Waals surface area contributed by atoms with Crippen molar-refractivity contribution < 1.29 is 29.2 Å². The fraction of sp³-hybridized carbons (Fsp3) is 0.406. The summed E-state index contributed by atoms with van der Waals surface area (Å²) in [6, 6.07) is 17.8. The van der Waals surface area contributed by atoms with Crippen molar-refractivity contribution in [1.29, 1.82) is 0 Å². The number of aromatic hydroxyl groups is 1.